The van der Waals surface area contributed by atoms with Crippen LogP contribution in [0.3, 0.4) is 0 Å². The van der Waals surface area contributed by atoms with Gasteiger partial charge in [-0.25, -0.2) is 0 Å². The lowest BCUT2D eigenvalue weighted by Crippen LogP contribution is -2.04. The lowest BCUT2D eigenvalue weighted by atomic mass is 10.1. The molecule has 0 aliphatic rings. The zero-order valence-electron chi connectivity index (χ0n) is 11.2. The van der Waals surface area contributed by atoms with E-state index in [0.29, 0.717) is 30.3 Å². The molecule has 0 aromatic heterocycles. The average molecular weight is 252 g/mol. The van der Waals surface area contributed by atoms with Crippen molar-refractivity contribution in [3.8, 4) is 11.5 Å². The molecular formula is C14H20O4. The first-order chi connectivity index (χ1) is 8.69. The number of hydrogen-bond acceptors (Lipinski definition) is 4. The van der Waals surface area contributed by atoms with Crippen molar-refractivity contribution < 1.29 is 19.0 Å². The Balaban J connectivity index is 2.57. The van der Waals surface area contributed by atoms with Crippen LogP contribution in [0, 0.1) is 0 Å². The number of carbonyl (C=O) groups excluding carboxylic acids is 1. The van der Waals surface area contributed by atoms with Crippen LogP contribution in [0.5, 0.6) is 11.5 Å². The molecule has 0 amide bonds. The minimum absolute atomic E-state index is 0.0104. The van der Waals surface area contributed by atoms with Crippen molar-refractivity contribution in [2.75, 3.05) is 26.9 Å². The van der Waals surface area contributed by atoms with Crippen LogP contribution in [-0.4, -0.2) is 32.7 Å². The van der Waals surface area contributed by atoms with E-state index in [2.05, 4.69) is 0 Å². The van der Waals surface area contributed by atoms with Gasteiger partial charge in [0.2, 0.25) is 0 Å². The first-order valence-corrected chi connectivity index (χ1v) is 6.08. The quantitative estimate of drug-likeness (QED) is 0.527. The summed E-state index contributed by atoms with van der Waals surface area (Å²) >= 11 is 0. The van der Waals surface area contributed by atoms with Crippen LogP contribution in [0.4, 0.5) is 0 Å². The third kappa shape index (κ3) is 4.37. The van der Waals surface area contributed by atoms with E-state index in [0.717, 1.165) is 13.0 Å². The predicted octanol–water partition coefficient (Wildman–Crippen LogP) is 2.70. The Morgan fingerprint density at radius 2 is 2.00 bits per heavy atom. The van der Waals surface area contributed by atoms with Gasteiger partial charge < -0.3 is 14.2 Å². The average Bonchev–Trinajstić information content (AvgIpc) is 2.38. The Bertz CT molecular complexity index is 387. The summed E-state index contributed by atoms with van der Waals surface area (Å²) in [5, 5.41) is 0. The van der Waals surface area contributed by atoms with E-state index in [1.807, 2.05) is 6.92 Å². The summed E-state index contributed by atoms with van der Waals surface area (Å²) < 4.78 is 16.0. The van der Waals surface area contributed by atoms with Crippen molar-refractivity contribution in [1.29, 1.82) is 0 Å². The third-order valence-electron chi connectivity index (χ3n) is 2.46. The maximum atomic E-state index is 11.2. The Labute approximate surface area is 108 Å². The smallest absolute Gasteiger partial charge is 0.161 e. The highest BCUT2D eigenvalue weighted by molar-refractivity contribution is 5.94. The Hall–Kier alpha value is -1.55. The van der Waals surface area contributed by atoms with Crippen LogP contribution < -0.4 is 9.47 Å². The molecule has 18 heavy (non-hydrogen) atoms. The minimum atomic E-state index is 0.0104. The second-order valence-electron chi connectivity index (χ2n) is 3.82. The highest BCUT2D eigenvalue weighted by Crippen LogP contribution is 2.28. The van der Waals surface area contributed by atoms with E-state index >= 15 is 0 Å². The van der Waals surface area contributed by atoms with Gasteiger partial charge in [0.05, 0.1) is 13.7 Å². The number of benzene rings is 1. The molecule has 0 spiro atoms. The van der Waals surface area contributed by atoms with E-state index < -0.39 is 0 Å². The molecule has 0 atom stereocenters. The fourth-order valence-electron chi connectivity index (χ4n) is 1.49. The molecule has 4 nitrogen and oxygen atoms in total. The van der Waals surface area contributed by atoms with Crippen LogP contribution in [-0.2, 0) is 4.74 Å². The molecule has 0 saturated carbocycles. The van der Waals surface area contributed by atoms with Crippen molar-refractivity contribution in [2.45, 2.75) is 20.3 Å². The van der Waals surface area contributed by atoms with Crippen molar-refractivity contribution in [3.05, 3.63) is 23.8 Å². The standard InChI is InChI=1S/C14H20O4/c1-4-17-8-5-9-18-13-7-6-12(11(2)15)10-14(13)16-3/h6-7,10H,4-5,8-9H2,1-3H3. The van der Waals surface area contributed by atoms with E-state index in [1.165, 1.54) is 6.92 Å². The van der Waals surface area contributed by atoms with Gasteiger partial charge >= 0.3 is 0 Å². The molecule has 0 bridgehead atoms. The monoisotopic (exact) mass is 252 g/mol. The molecular weight excluding hydrogens is 232 g/mol. The topological polar surface area (TPSA) is 44.8 Å². The van der Waals surface area contributed by atoms with Crippen molar-refractivity contribution in [2.24, 2.45) is 0 Å². The van der Waals surface area contributed by atoms with Crippen LogP contribution in [0.25, 0.3) is 0 Å². The van der Waals surface area contributed by atoms with Gasteiger partial charge in [-0.15, -0.1) is 0 Å². The molecule has 0 unspecified atom stereocenters. The maximum absolute atomic E-state index is 11.2. The normalized spacial score (nSPS) is 10.2. The van der Waals surface area contributed by atoms with Gasteiger partial charge in [-0.05, 0) is 32.0 Å². The number of carbonyl (C=O) groups is 1. The van der Waals surface area contributed by atoms with E-state index in [4.69, 9.17) is 14.2 Å². The predicted molar refractivity (Wildman–Crippen MR) is 69.6 cm³/mol. The third-order valence-corrected chi connectivity index (χ3v) is 2.46. The summed E-state index contributed by atoms with van der Waals surface area (Å²) in [4.78, 5) is 11.2. The number of ether oxygens (including phenoxy) is 3. The lowest BCUT2D eigenvalue weighted by Gasteiger charge is -2.11. The Morgan fingerprint density at radius 1 is 1.22 bits per heavy atom. The molecule has 1 aromatic rings. The van der Waals surface area contributed by atoms with Crippen LogP contribution >= 0.6 is 0 Å². The van der Waals surface area contributed by atoms with E-state index in [1.54, 1.807) is 25.3 Å². The van der Waals surface area contributed by atoms with Crippen molar-refractivity contribution >= 4 is 5.78 Å². The number of ketones is 1. The highest BCUT2D eigenvalue weighted by Gasteiger charge is 2.07. The largest absolute Gasteiger partial charge is 0.493 e. The summed E-state index contributed by atoms with van der Waals surface area (Å²) in [6.45, 7) is 5.46. The molecule has 100 valence electrons. The second-order valence-corrected chi connectivity index (χ2v) is 3.82. The van der Waals surface area contributed by atoms with Crippen LogP contribution in [0.15, 0.2) is 18.2 Å². The van der Waals surface area contributed by atoms with Gasteiger partial charge in [0, 0.05) is 25.2 Å². The first kappa shape index (κ1) is 14.5. The minimum Gasteiger partial charge on any atom is -0.493 e. The molecule has 1 aromatic carbocycles. The summed E-state index contributed by atoms with van der Waals surface area (Å²) in [5.41, 5.74) is 0.619. The zero-order chi connectivity index (χ0) is 13.4. The van der Waals surface area contributed by atoms with Crippen LogP contribution in [0.1, 0.15) is 30.6 Å². The maximum Gasteiger partial charge on any atom is 0.161 e. The number of hydrogen-bond donors (Lipinski definition) is 0. The molecule has 4 heteroatoms. The first-order valence-electron chi connectivity index (χ1n) is 6.08. The van der Waals surface area contributed by atoms with E-state index in [9.17, 15) is 4.79 Å². The van der Waals surface area contributed by atoms with Crippen LogP contribution in [0.2, 0.25) is 0 Å². The lowest BCUT2D eigenvalue weighted by molar-refractivity contribution is 0.101. The van der Waals surface area contributed by atoms with Gasteiger partial charge in [0.1, 0.15) is 0 Å². The van der Waals surface area contributed by atoms with Gasteiger partial charge in [-0.2, -0.15) is 0 Å². The molecule has 0 saturated heterocycles. The summed E-state index contributed by atoms with van der Waals surface area (Å²) in [6, 6.07) is 5.19. The van der Waals surface area contributed by atoms with Gasteiger partial charge in [-0.1, -0.05) is 0 Å². The van der Waals surface area contributed by atoms with Crippen molar-refractivity contribution in [1.82, 2.24) is 0 Å². The number of rotatable bonds is 8. The van der Waals surface area contributed by atoms with Gasteiger partial charge in [0.15, 0.2) is 17.3 Å². The number of methoxy groups -OCH3 is 1. The summed E-state index contributed by atoms with van der Waals surface area (Å²) in [6.07, 6.45) is 0.825. The molecule has 0 heterocycles. The zero-order valence-corrected chi connectivity index (χ0v) is 11.2. The summed E-state index contributed by atoms with van der Waals surface area (Å²) in [5.74, 6) is 1.24. The molecule has 0 N–H and O–H groups in total. The number of Topliss-reactive ketones (excluding diaryl/α,β-unsaturated/α-hetero) is 1. The van der Waals surface area contributed by atoms with Crippen molar-refractivity contribution in [3.63, 3.8) is 0 Å². The highest BCUT2D eigenvalue weighted by atomic mass is 16.5. The Morgan fingerprint density at radius 3 is 2.61 bits per heavy atom. The fourth-order valence-corrected chi connectivity index (χ4v) is 1.49. The summed E-state index contributed by atoms with van der Waals surface area (Å²) in [7, 11) is 1.56. The van der Waals surface area contributed by atoms with E-state index in [-0.39, 0.29) is 5.78 Å². The van der Waals surface area contributed by atoms with Gasteiger partial charge in [-0.3, -0.25) is 4.79 Å². The molecule has 1 rings (SSSR count). The Kier molecular flexibility index (Phi) is 6.22. The SMILES string of the molecule is CCOCCCOc1ccc(C(C)=O)cc1OC. The van der Waals surface area contributed by atoms with Gasteiger partial charge in [0.25, 0.3) is 0 Å². The second kappa shape index (κ2) is 7.71. The molecule has 0 aliphatic carbocycles. The molecule has 0 aliphatic heterocycles. The molecule has 0 fully saturated rings. The fraction of sp³-hybridized carbons (Fsp3) is 0.500. The molecule has 0 radical (unpaired) electrons.